The van der Waals surface area contributed by atoms with Gasteiger partial charge in [0.05, 0.1) is 23.8 Å². The Morgan fingerprint density at radius 2 is 1.71 bits per heavy atom. The molecule has 4 aromatic heterocycles. The number of aromatic amines is 1. The highest BCUT2D eigenvalue weighted by atomic mass is 32.2. The van der Waals surface area contributed by atoms with E-state index in [9.17, 15) is 13.2 Å². The molecule has 1 aromatic carbocycles. The van der Waals surface area contributed by atoms with Crippen LogP contribution in [0.2, 0.25) is 0 Å². The van der Waals surface area contributed by atoms with Gasteiger partial charge >= 0.3 is 0 Å². The molecule has 0 aliphatic carbocycles. The predicted molar refractivity (Wildman–Crippen MR) is 157 cm³/mol. The number of nitrogens with one attached hydrogen (secondary N) is 1. The minimum Gasteiger partial charge on any atom is -0.383 e. The van der Waals surface area contributed by atoms with Crippen molar-refractivity contribution in [2.45, 2.75) is 48.6 Å². The summed E-state index contributed by atoms with van der Waals surface area (Å²) in [7, 11) is -3.75. The van der Waals surface area contributed by atoms with Crippen molar-refractivity contribution in [2.75, 3.05) is 17.7 Å². The van der Waals surface area contributed by atoms with Gasteiger partial charge in [0.25, 0.3) is 5.91 Å². The highest BCUT2D eigenvalue weighted by Gasteiger charge is 2.46. The van der Waals surface area contributed by atoms with Crippen molar-refractivity contribution < 1.29 is 13.2 Å². The van der Waals surface area contributed by atoms with Gasteiger partial charge < -0.3 is 16.4 Å². The lowest BCUT2D eigenvalue weighted by Crippen LogP contribution is -2.46. The summed E-state index contributed by atoms with van der Waals surface area (Å²) in [4.78, 5) is 24.8. The molecule has 13 heteroatoms. The topological polar surface area (TPSA) is 178 Å². The average molecular weight is 584 g/mol. The van der Waals surface area contributed by atoms with Gasteiger partial charge in [-0.05, 0) is 31.7 Å². The minimum absolute atomic E-state index is 0.00884. The Balaban J connectivity index is 1.28. The van der Waals surface area contributed by atoms with Crippen LogP contribution in [0.4, 0.5) is 11.6 Å². The Labute approximate surface area is 241 Å². The lowest BCUT2D eigenvalue weighted by Gasteiger charge is -2.39. The Bertz CT molecular complexity index is 1920. The van der Waals surface area contributed by atoms with Gasteiger partial charge in [0, 0.05) is 47.1 Å². The van der Waals surface area contributed by atoms with E-state index in [1.54, 1.807) is 12.4 Å². The van der Waals surface area contributed by atoms with Gasteiger partial charge in [0.1, 0.15) is 22.1 Å². The molecule has 5 aromatic rings. The van der Waals surface area contributed by atoms with Crippen molar-refractivity contribution in [3.8, 4) is 22.4 Å². The molecule has 2 fully saturated rings. The number of amides is 1. The van der Waals surface area contributed by atoms with Crippen LogP contribution in [0.5, 0.6) is 0 Å². The number of fused-ring (bicyclic) bond motifs is 3. The zero-order valence-corrected chi connectivity index (χ0v) is 23.6. The van der Waals surface area contributed by atoms with E-state index in [-0.39, 0.29) is 40.4 Å². The molecule has 2 saturated heterocycles. The molecule has 2 aliphatic rings. The molecule has 42 heavy (non-hydrogen) atoms. The van der Waals surface area contributed by atoms with E-state index in [4.69, 9.17) is 16.5 Å². The normalized spacial score (nSPS) is 20.3. The van der Waals surface area contributed by atoms with Crippen molar-refractivity contribution in [1.82, 2.24) is 34.7 Å². The third-order valence-corrected chi connectivity index (χ3v) is 9.59. The smallest absolute Gasteiger partial charge is 0.259 e. The highest BCUT2D eigenvalue weighted by molar-refractivity contribution is 7.91. The number of nitrogen functional groups attached to an aromatic ring is 2. The van der Waals surface area contributed by atoms with Gasteiger partial charge in [-0.25, -0.2) is 13.4 Å². The summed E-state index contributed by atoms with van der Waals surface area (Å²) in [6, 6.07) is 13.6. The molecule has 1 unspecified atom stereocenters. The first-order valence-electron chi connectivity index (χ1n) is 13.7. The number of carbonyl (C=O) groups excluding carboxylic acids is 1. The Kier molecular flexibility index (Phi) is 6.01. The Morgan fingerprint density at radius 1 is 0.976 bits per heavy atom. The average Bonchev–Trinajstić information content (AvgIpc) is 3.68. The lowest BCUT2D eigenvalue weighted by molar-refractivity contribution is 0.0569. The molecule has 12 nitrogen and oxygen atoms in total. The van der Waals surface area contributed by atoms with Crippen LogP contribution in [0.1, 0.15) is 47.7 Å². The van der Waals surface area contributed by atoms with Gasteiger partial charge in [-0.3, -0.25) is 14.9 Å². The molecule has 2 bridgehead atoms. The maximum Gasteiger partial charge on any atom is 0.259 e. The van der Waals surface area contributed by atoms with Gasteiger partial charge in [0.15, 0.2) is 15.5 Å². The zero-order valence-electron chi connectivity index (χ0n) is 22.8. The number of sulfone groups is 1. The van der Waals surface area contributed by atoms with E-state index in [1.165, 1.54) is 10.7 Å². The maximum atomic E-state index is 13.4. The second-order valence-corrected chi connectivity index (χ2v) is 13.0. The fourth-order valence-electron chi connectivity index (χ4n) is 6.55. The van der Waals surface area contributed by atoms with Gasteiger partial charge in [-0.2, -0.15) is 14.7 Å². The molecule has 214 valence electrons. The second-order valence-electron chi connectivity index (χ2n) is 11.0. The molecule has 0 spiro atoms. The lowest BCUT2D eigenvalue weighted by atomic mass is 9.87. The fourth-order valence-corrected chi connectivity index (χ4v) is 7.61. The summed E-state index contributed by atoms with van der Waals surface area (Å²) < 4.78 is 27.6. The number of pyridine rings is 1. The van der Waals surface area contributed by atoms with Crippen molar-refractivity contribution in [1.29, 1.82) is 0 Å². The fraction of sp³-hybridized carbons (Fsp3) is 0.276. The van der Waals surface area contributed by atoms with Crippen molar-refractivity contribution in [3.63, 3.8) is 0 Å². The highest BCUT2D eigenvalue weighted by Crippen LogP contribution is 2.46. The van der Waals surface area contributed by atoms with E-state index in [1.807, 2.05) is 47.4 Å². The van der Waals surface area contributed by atoms with Crippen LogP contribution in [0, 0.1) is 0 Å². The van der Waals surface area contributed by atoms with E-state index in [0.29, 0.717) is 35.3 Å². The molecule has 5 N–H and O–H groups in total. The molecular weight excluding hydrogens is 554 g/mol. The number of aromatic nitrogens is 6. The number of rotatable bonds is 5. The van der Waals surface area contributed by atoms with E-state index >= 15 is 0 Å². The van der Waals surface area contributed by atoms with Crippen LogP contribution in [0.3, 0.4) is 0 Å². The quantitative estimate of drug-likeness (QED) is 0.280. The monoisotopic (exact) mass is 583 g/mol. The number of nitrogens with zero attached hydrogens (tertiary/aromatic N) is 6. The number of piperidine rings is 1. The van der Waals surface area contributed by atoms with Crippen LogP contribution in [0.25, 0.3) is 28.0 Å². The molecule has 0 radical (unpaired) electrons. The summed E-state index contributed by atoms with van der Waals surface area (Å²) in [6.45, 7) is 0. The second kappa shape index (κ2) is 9.65. The molecule has 1 amide bonds. The summed E-state index contributed by atoms with van der Waals surface area (Å²) in [5.74, 6) is -0.121. The molecular formula is C29H29N9O3S. The summed E-state index contributed by atoms with van der Waals surface area (Å²) >= 11 is 0. The van der Waals surface area contributed by atoms with Crippen molar-refractivity contribution in [2.24, 2.45) is 0 Å². The number of hydrogen-bond acceptors (Lipinski definition) is 9. The number of hydrogen-bond donors (Lipinski definition) is 3. The standard InChI is InChI=1S/C29H29N9O3S/c1-42(40,41)25-24(18-11-19-8-9-20(12-18)37(19)29(39)22-14-33-36-26(22)30)35-28-21(15-34-38(28)27(25)31)17-7-10-23(32-13-17)16-5-3-2-4-6-16/h2-7,10,13-15,18-20H,8-9,11-12,31H2,1H3,(H3,30,33,36)/t18?,19-,20+. The zero-order chi connectivity index (χ0) is 29.2. The predicted octanol–water partition coefficient (Wildman–Crippen LogP) is 3.30. The van der Waals surface area contributed by atoms with E-state index in [0.717, 1.165) is 35.9 Å². The van der Waals surface area contributed by atoms with Crippen molar-refractivity contribution >= 4 is 33.0 Å². The summed E-state index contributed by atoms with van der Waals surface area (Å²) in [5.41, 5.74) is 17.0. The van der Waals surface area contributed by atoms with Gasteiger partial charge in [-0.1, -0.05) is 36.4 Å². The Hall–Kier alpha value is -4.78. The third kappa shape index (κ3) is 4.19. The molecule has 3 atom stereocenters. The minimum atomic E-state index is -3.75. The number of benzene rings is 1. The van der Waals surface area contributed by atoms with E-state index < -0.39 is 9.84 Å². The molecule has 0 saturated carbocycles. The first-order chi connectivity index (χ1) is 20.2. The number of nitrogens with two attached hydrogens (primary N) is 2. The van der Waals surface area contributed by atoms with Crippen LogP contribution >= 0.6 is 0 Å². The summed E-state index contributed by atoms with van der Waals surface area (Å²) in [5, 5.41) is 10.9. The third-order valence-electron chi connectivity index (χ3n) is 8.43. The molecule has 7 rings (SSSR count). The molecule has 6 heterocycles. The van der Waals surface area contributed by atoms with Gasteiger partial charge in [0.2, 0.25) is 0 Å². The van der Waals surface area contributed by atoms with Crippen molar-refractivity contribution in [3.05, 3.63) is 72.3 Å². The summed E-state index contributed by atoms with van der Waals surface area (Å²) in [6.07, 6.45) is 8.72. The first kappa shape index (κ1) is 26.1. The number of H-pyrrole nitrogens is 1. The van der Waals surface area contributed by atoms with Crippen LogP contribution in [0.15, 0.2) is 66.0 Å². The Morgan fingerprint density at radius 3 is 2.33 bits per heavy atom. The van der Waals surface area contributed by atoms with Crippen LogP contribution < -0.4 is 11.5 Å². The van der Waals surface area contributed by atoms with Gasteiger partial charge in [-0.15, -0.1) is 0 Å². The molecule has 2 aliphatic heterocycles. The maximum absolute atomic E-state index is 13.4. The van der Waals surface area contributed by atoms with Crippen LogP contribution in [-0.4, -0.2) is 67.3 Å². The number of carbonyl (C=O) groups is 1. The van der Waals surface area contributed by atoms with Crippen LogP contribution in [-0.2, 0) is 9.84 Å². The largest absolute Gasteiger partial charge is 0.383 e. The SMILES string of the molecule is CS(=O)(=O)c1c(C2C[C@H]3CC[C@@H](C2)N3C(=O)c2cn[nH]c2N)nc2c(-c3ccc(-c4ccccc4)nc3)cnn2c1N. The number of anilines is 2. The van der Waals surface area contributed by atoms with E-state index in [2.05, 4.69) is 20.3 Å². The first-order valence-corrected chi connectivity index (χ1v) is 15.6.